The van der Waals surface area contributed by atoms with E-state index in [1.54, 1.807) is 6.20 Å². The number of amides is 1. The highest BCUT2D eigenvalue weighted by molar-refractivity contribution is 7.80. The molecule has 9 heteroatoms. The van der Waals surface area contributed by atoms with Crippen LogP contribution < -0.4 is 15.5 Å². The number of nitrogens with one attached hydrogen (secondary N) is 2. The lowest BCUT2D eigenvalue weighted by Crippen LogP contribution is -2.30. The molecule has 188 valence electrons. The number of carbonyl (C=O) groups is 1. The third-order valence-electron chi connectivity index (χ3n) is 6.36. The standard InChI is InChI=1S/C28H28N6O2S/c1-18-9-12-24(30-16-18)33-14-6-8-23(33)27-26(22-7-4-5-13-29-22)32-28(37)34(27)20-10-11-21(19(2)15-20)31-25(35)17-36-3/h4-16,26-27H,17H2,1-3H3,(H,31,35)(H,32,37)/t26-,27+/m0/s1. The maximum atomic E-state index is 12.1. The Kier molecular flexibility index (Phi) is 6.98. The minimum atomic E-state index is -0.201. The van der Waals surface area contributed by atoms with Crippen LogP contribution in [0.3, 0.4) is 0 Å². The minimum absolute atomic E-state index is 0.000806. The van der Waals surface area contributed by atoms with Crippen molar-refractivity contribution in [3.05, 3.63) is 102 Å². The summed E-state index contributed by atoms with van der Waals surface area (Å²) in [6.07, 6.45) is 5.67. The van der Waals surface area contributed by atoms with E-state index in [9.17, 15) is 4.79 Å². The lowest BCUT2D eigenvalue weighted by atomic mass is 10.0. The van der Waals surface area contributed by atoms with Gasteiger partial charge in [0, 0.05) is 42.8 Å². The second-order valence-electron chi connectivity index (χ2n) is 8.97. The van der Waals surface area contributed by atoms with Crippen molar-refractivity contribution in [2.24, 2.45) is 0 Å². The number of aryl methyl sites for hydroxylation is 2. The summed E-state index contributed by atoms with van der Waals surface area (Å²) in [6, 6.07) is 19.6. The molecule has 1 aromatic carbocycles. The predicted octanol–water partition coefficient (Wildman–Crippen LogP) is 4.65. The van der Waals surface area contributed by atoms with Crippen molar-refractivity contribution in [1.82, 2.24) is 19.9 Å². The fourth-order valence-electron chi connectivity index (χ4n) is 4.64. The Bertz CT molecular complexity index is 1420. The van der Waals surface area contributed by atoms with E-state index in [-0.39, 0.29) is 24.6 Å². The van der Waals surface area contributed by atoms with E-state index < -0.39 is 0 Å². The van der Waals surface area contributed by atoms with Gasteiger partial charge in [-0.25, -0.2) is 4.98 Å². The zero-order chi connectivity index (χ0) is 25.9. The van der Waals surface area contributed by atoms with Crippen LogP contribution in [-0.4, -0.2) is 39.3 Å². The number of carbonyl (C=O) groups excluding carboxylic acids is 1. The summed E-state index contributed by atoms with van der Waals surface area (Å²) < 4.78 is 7.03. The molecule has 1 aliphatic rings. The van der Waals surface area contributed by atoms with E-state index in [0.717, 1.165) is 39.7 Å². The summed E-state index contributed by atoms with van der Waals surface area (Å²) in [5.41, 5.74) is 5.57. The number of ether oxygens (including phenoxy) is 1. The fraction of sp³-hybridized carbons (Fsp3) is 0.214. The van der Waals surface area contributed by atoms with Crippen LogP contribution in [-0.2, 0) is 9.53 Å². The number of benzene rings is 1. The van der Waals surface area contributed by atoms with Crippen molar-refractivity contribution in [2.45, 2.75) is 25.9 Å². The molecule has 37 heavy (non-hydrogen) atoms. The van der Waals surface area contributed by atoms with Gasteiger partial charge in [-0.05, 0) is 85.7 Å². The summed E-state index contributed by atoms with van der Waals surface area (Å²) in [4.78, 5) is 23.5. The number of thiocarbonyl (C=S) groups is 1. The normalized spacial score (nSPS) is 17.1. The molecule has 0 saturated carbocycles. The smallest absolute Gasteiger partial charge is 0.250 e. The first-order chi connectivity index (χ1) is 18.0. The molecule has 1 fully saturated rings. The van der Waals surface area contributed by atoms with Gasteiger partial charge in [0.15, 0.2) is 5.11 Å². The Morgan fingerprint density at radius 2 is 1.97 bits per heavy atom. The second-order valence-corrected chi connectivity index (χ2v) is 9.36. The summed E-state index contributed by atoms with van der Waals surface area (Å²) in [5, 5.41) is 7.00. The maximum Gasteiger partial charge on any atom is 0.250 e. The molecular formula is C28H28N6O2S. The fourth-order valence-corrected chi connectivity index (χ4v) is 4.98. The molecule has 4 aromatic rings. The Balaban J connectivity index is 1.58. The second kappa shape index (κ2) is 10.5. The van der Waals surface area contributed by atoms with Crippen LogP contribution in [0.5, 0.6) is 0 Å². The number of aromatic nitrogens is 3. The first-order valence-electron chi connectivity index (χ1n) is 12.0. The number of pyridine rings is 2. The molecule has 0 spiro atoms. The average Bonchev–Trinajstić information content (AvgIpc) is 3.51. The predicted molar refractivity (Wildman–Crippen MR) is 148 cm³/mol. The van der Waals surface area contributed by atoms with E-state index in [2.05, 4.69) is 42.2 Å². The van der Waals surface area contributed by atoms with E-state index in [1.807, 2.05) is 74.8 Å². The van der Waals surface area contributed by atoms with Gasteiger partial charge in [0.1, 0.15) is 18.5 Å². The van der Waals surface area contributed by atoms with Crippen molar-refractivity contribution in [3.63, 3.8) is 0 Å². The quantitative estimate of drug-likeness (QED) is 0.349. The zero-order valence-electron chi connectivity index (χ0n) is 20.9. The van der Waals surface area contributed by atoms with Crippen LogP contribution in [0.4, 0.5) is 11.4 Å². The Morgan fingerprint density at radius 3 is 2.68 bits per heavy atom. The minimum Gasteiger partial charge on any atom is -0.375 e. The number of anilines is 2. The SMILES string of the molecule is COCC(=O)Nc1ccc(N2C(=S)N[C@@H](c3ccccn3)[C@H]2c2cccn2-c2ccc(C)cn2)cc1C. The molecule has 0 radical (unpaired) electrons. The highest BCUT2D eigenvalue weighted by Gasteiger charge is 2.42. The van der Waals surface area contributed by atoms with E-state index in [4.69, 9.17) is 17.0 Å². The Labute approximate surface area is 221 Å². The van der Waals surface area contributed by atoms with Crippen molar-refractivity contribution in [3.8, 4) is 5.82 Å². The van der Waals surface area contributed by atoms with Gasteiger partial charge in [0.05, 0.1) is 11.7 Å². The average molecular weight is 513 g/mol. The third kappa shape index (κ3) is 4.96. The molecule has 2 atom stereocenters. The van der Waals surface area contributed by atoms with Crippen LogP contribution >= 0.6 is 12.2 Å². The number of hydrogen-bond acceptors (Lipinski definition) is 5. The Hall–Kier alpha value is -4.08. The highest BCUT2D eigenvalue weighted by atomic mass is 32.1. The number of rotatable bonds is 7. The first kappa shape index (κ1) is 24.6. The third-order valence-corrected chi connectivity index (χ3v) is 6.68. The number of nitrogens with zero attached hydrogens (tertiary/aromatic N) is 4. The van der Waals surface area contributed by atoms with Crippen molar-refractivity contribution in [2.75, 3.05) is 23.9 Å². The molecule has 1 amide bonds. The van der Waals surface area contributed by atoms with Crippen LogP contribution in [0.1, 0.15) is 34.6 Å². The Morgan fingerprint density at radius 1 is 1.11 bits per heavy atom. The van der Waals surface area contributed by atoms with Gasteiger partial charge >= 0.3 is 0 Å². The molecule has 3 aromatic heterocycles. The van der Waals surface area contributed by atoms with E-state index in [1.165, 1.54) is 7.11 Å². The van der Waals surface area contributed by atoms with Gasteiger partial charge in [-0.3, -0.25) is 9.78 Å². The molecule has 4 heterocycles. The molecule has 0 bridgehead atoms. The molecule has 1 aliphatic heterocycles. The number of hydrogen-bond donors (Lipinski definition) is 2. The van der Waals surface area contributed by atoms with Crippen LogP contribution in [0.2, 0.25) is 0 Å². The molecule has 0 unspecified atom stereocenters. The van der Waals surface area contributed by atoms with Crippen LogP contribution in [0.15, 0.2) is 79.3 Å². The zero-order valence-corrected chi connectivity index (χ0v) is 21.7. The first-order valence-corrected chi connectivity index (χ1v) is 12.4. The molecule has 2 N–H and O–H groups in total. The molecule has 8 nitrogen and oxygen atoms in total. The molecular weight excluding hydrogens is 484 g/mol. The van der Waals surface area contributed by atoms with Gasteiger partial charge in [0.25, 0.3) is 0 Å². The van der Waals surface area contributed by atoms with E-state index in [0.29, 0.717) is 5.11 Å². The largest absolute Gasteiger partial charge is 0.375 e. The highest BCUT2D eigenvalue weighted by Crippen LogP contribution is 2.42. The summed E-state index contributed by atoms with van der Waals surface area (Å²) in [7, 11) is 1.50. The van der Waals surface area contributed by atoms with Crippen molar-refractivity contribution in [1.29, 1.82) is 0 Å². The van der Waals surface area contributed by atoms with Gasteiger partial charge < -0.3 is 24.8 Å². The van der Waals surface area contributed by atoms with Crippen molar-refractivity contribution >= 4 is 34.6 Å². The van der Waals surface area contributed by atoms with Crippen LogP contribution in [0.25, 0.3) is 5.82 Å². The maximum absolute atomic E-state index is 12.1. The van der Waals surface area contributed by atoms with Gasteiger partial charge in [-0.2, -0.15) is 0 Å². The molecule has 5 rings (SSSR count). The molecule has 0 aliphatic carbocycles. The summed E-state index contributed by atoms with van der Waals surface area (Å²) in [5.74, 6) is 0.628. The lowest BCUT2D eigenvalue weighted by molar-refractivity contribution is -0.119. The topological polar surface area (TPSA) is 84.3 Å². The van der Waals surface area contributed by atoms with E-state index >= 15 is 0 Å². The number of methoxy groups -OCH3 is 1. The summed E-state index contributed by atoms with van der Waals surface area (Å²) in [6.45, 7) is 3.98. The summed E-state index contributed by atoms with van der Waals surface area (Å²) >= 11 is 5.88. The van der Waals surface area contributed by atoms with Crippen molar-refractivity contribution < 1.29 is 9.53 Å². The molecule has 1 saturated heterocycles. The van der Waals surface area contributed by atoms with Crippen LogP contribution in [0, 0.1) is 13.8 Å². The van der Waals surface area contributed by atoms with Gasteiger partial charge in [0.2, 0.25) is 5.91 Å². The van der Waals surface area contributed by atoms with Gasteiger partial charge in [-0.15, -0.1) is 0 Å². The lowest BCUT2D eigenvalue weighted by Gasteiger charge is -2.29. The monoisotopic (exact) mass is 512 g/mol. The van der Waals surface area contributed by atoms with Gasteiger partial charge in [-0.1, -0.05) is 12.1 Å².